The van der Waals surface area contributed by atoms with E-state index in [9.17, 15) is 24.0 Å². The fraction of sp³-hybridized carbons (Fsp3) is 0.762. The number of hydrogen-bond donors (Lipinski definition) is 3. The van der Waals surface area contributed by atoms with Crippen LogP contribution in [0.5, 0.6) is 0 Å². The van der Waals surface area contributed by atoms with Crippen molar-refractivity contribution >= 4 is 29.5 Å². The first-order valence-corrected chi connectivity index (χ1v) is 10.7. The minimum atomic E-state index is -1.16. The van der Waals surface area contributed by atoms with Gasteiger partial charge in [0.1, 0.15) is 12.6 Å². The van der Waals surface area contributed by atoms with Crippen molar-refractivity contribution in [2.75, 3.05) is 19.6 Å². The van der Waals surface area contributed by atoms with Crippen molar-refractivity contribution in [3.05, 3.63) is 0 Å². The molecular formula is C21H35N3O6. The van der Waals surface area contributed by atoms with Crippen LogP contribution in [0.2, 0.25) is 0 Å². The largest absolute Gasteiger partial charge is 0.480 e. The number of carbonyl (C=O) groups is 5. The van der Waals surface area contributed by atoms with Gasteiger partial charge in [-0.05, 0) is 25.2 Å². The van der Waals surface area contributed by atoms with Crippen LogP contribution in [0.1, 0.15) is 59.8 Å². The first-order valence-electron chi connectivity index (χ1n) is 10.7. The van der Waals surface area contributed by atoms with Crippen LogP contribution in [0.3, 0.4) is 0 Å². The Bertz CT molecular complexity index is 649. The summed E-state index contributed by atoms with van der Waals surface area (Å²) in [4.78, 5) is 61.6. The molecule has 1 fully saturated rings. The SMILES string of the molecule is CCC[C@H](C(=O)N1CCC[C@H]1C(=O)NCC(=O)C[C@@H](C)C(=O)NCC(=O)O)C(C)C. The molecule has 3 amide bonds. The quantitative estimate of drug-likeness (QED) is 0.427. The van der Waals surface area contributed by atoms with Crippen molar-refractivity contribution in [2.24, 2.45) is 17.8 Å². The summed E-state index contributed by atoms with van der Waals surface area (Å²) in [7, 11) is 0. The molecule has 1 rings (SSSR count). The fourth-order valence-corrected chi connectivity index (χ4v) is 3.72. The Labute approximate surface area is 177 Å². The van der Waals surface area contributed by atoms with Crippen LogP contribution in [0, 0.1) is 17.8 Å². The molecule has 30 heavy (non-hydrogen) atoms. The molecule has 0 aliphatic carbocycles. The van der Waals surface area contributed by atoms with Gasteiger partial charge in [-0.15, -0.1) is 0 Å². The molecule has 0 aromatic heterocycles. The number of carboxylic acid groups (broad SMARTS) is 1. The maximum Gasteiger partial charge on any atom is 0.322 e. The van der Waals surface area contributed by atoms with E-state index >= 15 is 0 Å². The van der Waals surface area contributed by atoms with E-state index in [4.69, 9.17) is 5.11 Å². The summed E-state index contributed by atoms with van der Waals surface area (Å²) >= 11 is 0. The highest BCUT2D eigenvalue weighted by molar-refractivity contribution is 5.93. The second kappa shape index (κ2) is 12.3. The third-order valence-electron chi connectivity index (χ3n) is 5.42. The molecule has 0 bridgehead atoms. The van der Waals surface area contributed by atoms with Gasteiger partial charge in [0.05, 0.1) is 6.54 Å². The minimum absolute atomic E-state index is 0.000416. The Morgan fingerprint density at radius 2 is 1.73 bits per heavy atom. The molecule has 9 heteroatoms. The van der Waals surface area contributed by atoms with Crippen LogP contribution in [-0.2, 0) is 24.0 Å². The maximum absolute atomic E-state index is 13.0. The highest BCUT2D eigenvalue weighted by Crippen LogP contribution is 2.26. The number of nitrogens with one attached hydrogen (secondary N) is 2. The molecule has 0 saturated carbocycles. The van der Waals surface area contributed by atoms with Crippen LogP contribution >= 0.6 is 0 Å². The fourth-order valence-electron chi connectivity index (χ4n) is 3.72. The van der Waals surface area contributed by atoms with E-state index in [0.29, 0.717) is 13.0 Å². The zero-order chi connectivity index (χ0) is 22.8. The van der Waals surface area contributed by atoms with Gasteiger partial charge in [-0.2, -0.15) is 0 Å². The number of ketones is 1. The van der Waals surface area contributed by atoms with Crippen LogP contribution in [-0.4, -0.2) is 65.2 Å². The summed E-state index contributed by atoms with van der Waals surface area (Å²) in [5.41, 5.74) is 0. The molecule has 0 radical (unpaired) electrons. The van der Waals surface area contributed by atoms with E-state index in [0.717, 1.165) is 19.3 Å². The number of hydrogen-bond acceptors (Lipinski definition) is 5. The van der Waals surface area contributed by atoms with Gasteiger partial charge in [0.2, 0.25) is 17.7 Å². The molecule has 1 aliphatic rings. The lowest BCUT2D eigenvalue weighted by molar-refractivity contribution is -0.143. The van der Waals surface area contributed by atoms with Crippen LogP contribution in [0.4, 0.5) is 0 Å². The lowest BCUT2D eigenvalue weighted by Gasteiger charge is -2.30. The summed E-state index contributed by atoms with van der Waals surface area (Å²) in [6, 6.07) is -0.570. The van der Waals surface area contributed by atoms with Crippen molar-refractivity contribution in [1.82, 2.24) is 15.5 Å². The number of rotatable bonds is 12. The zero-order valence-corrected chi connectivity index (χ0v) is 18.4. The lowest BCUT2D eigenvalue weighted by Crippen LogP contribution is -2.49. The van der Waals surface area contributed by atoms with E-state index in [-0.39, 0.29) is 42.4 Å². The highest BCUT2D eigenvalue weighted by Gasteiger charge is 2.37. The van der Waals surface area contributed by atoms with Crippen molar-refractivity contribution in [3.8, 4) is 0 Å². The number of likely N-dealkylation sites (tertiary alicyclic amines) is 1. The summed E-state index contributed by atoms with van der Waals surface area (Å²) in [5, 5.41) is 13.4. The first kappa shape index (κ1) is 25.6. The maximum atomic E-state index is 13.0. The molecular weight excluding hydrogens is 390 g/mol. The summed E-state index contributed by atoms with van der Waals surface area (Å²) in [6.07, 6.45) is 2.88. The number of amides is 3. The molecule has 3 atom stereocenters. The normalized spacial score (nSPS) is 18.0. The topological polar surface area (TPSA) is 133 Å². The van der Waals surface area contributed by atoms with Gasteiger partial charge < -0.3 is 20.6 Å². The monoisotopic (exact) mass is 425 g/mol. The second-order valence-electron chi connectivity index (χ2n) is 8.30. The Balaban J connectivity index is 2.56. The highest BCUT2D eigenvalue weighted by atomic mass is 16.4. The smallest absolute Gasteiger partial charge is 0.322 e. The van der Waals surface area contributed by atoms with Gasteiger partial charge in [-0.1, -0.05) is 34.1 Å². The third-order valence-corrected chi connectivity index (χ3v) is 5.42. The molecule has 0 aromatic carbocycles. The predicted molar refractivity (Wildman–Crippen MR) is 110 cm³/mol. The van der Waals surface area contributed by atoms with E-state index in [2.05, 4.69) is 10.6 Å². The summed E-state index contributed by atoms with van der Waals surface area (Å²) < 4.78 is 0. The van der Waals surface area contributed by atoms with E-state index in [1.807, 2.05) is 20.8 Å². The standard InChI is InChI=1S/C21H35N3O6/c1-5-7-16(13(2)3)21(30)24-9-6-8-17(24)20(29)22-11-15(25)10-14(4)19(28)23-12-18(26)27/h13-14,16-17H,5-12H2,1-4H3,(H,22,29)(H,23,28)(H,26,27)/t14-,16+,17+/m1/s1. The van der Waals surface area contributed by atoms with Crippen LogP contribution in [0.25, 0.3) is 0 Å². The van der Waals surface area contributed by atoms with Gasteiger partial charge in [-0.25, -0.2) is 0 Å². The van der Waals surface area contributed by atoms with Gasteiger partial charge >= 0.3 is 5.97 Å². The molecule has 9 nitrogen and oxygen atoms in total. The minimum Gasteiger partial charge on any atom is -0.480 e. The number of carbonyl (C=O) groups excluding carboxylic acids is 4. The van der Waals surface area contributed by atoms with Gasteiger partial charge in [0.25, 0.3) is 0 Å². The van der Waals surface area contributed by atoms with Crippen molar-refractivity contribution in [2.45, 2.75) is 65.8 Å². The average Bonchev–Trinajstić information content (AvgIpc) is 3.17. The van der Waals surface area contributed by atoms with Crippen LogP contribution in [0.15, 0.2) is 0 Å². The molecule has 0 unspecified atom stereocenters. The van der Waals surface area contributed by atoms with Crippen molar-refractivity contribution in [1.29, 1.82) is 0 Å². The number of Topliss-reactive ketones (excluding diaryl/α,β-unsaturated/α-hetero) is 1. The molecule has 3 N–H and O–H groups in total. The summed E-state index contributed by atoms with van der Waals surface area (Å²) in [6.45, 7) is 7.38. The van der Waals surface area contributed by atoms with Gasteiger partial charge in [0, 0.05) is 24.8 Å². The van der Waals surface area contributed by atoms with E-state index < -0.39 is 30.4 Å². The number of nitrogens with zero attached hydrogens (tertiary/aromatic N) is 1. The van der Waals surface area contributed by atoms with E-state index in [1.54, 1.807) is 4.90 Å². The van der Waals surface area contributed by atoms with Crippen molar-refractivity contribution < 1.29 is 29.1 Å². The zero-order valence-electron chi connectivity index (χ0n) is 18.4. The Morgan fingerprint density at radius 1 is 1.07 bits per heavy atom. The predicted octanol–water partition coefficient (Wildman–Crippen LogP) is 0.962. The van der Waals surface area contributed by atoms with E-state index in [1.165, 1.54) is 6.92 Å². The second-order valence-corrected chi connectivity index (χ2v) is 8.30. The molecule has 0 aromatic rings. The van der Waals surface area contributed by atoms with Crippen molar-refractivity contribution in [3.63, 3.8) is 0 Å². The van der Waals surface area contributed by atoms with Gasteiger partial charge in [0.15, 0.2) is 5.78 Å². The molecule has 1 heterocycles. The molecule has 1 saturated heterocycles. The molecule has 0 spiro atoms. The molecule has 1 aliphatic heterocycles. The summed E-state index contributed by atoms with van der Waals surface area (Å²) in [5.74, 6) is -2.99. The lowest BCUT2D eigenvalue weighted by atomic mass is 9.90. The first-order chi connectivity index (χ1) is 14.1. The Kier molecular flexibility index (Phi) is 10.5. The number of carboxylic acids is 1. The Hall–Kier alpha value is -2.45. The van der Waals surface area contributed by atoms with Crippen LogP contribution < -0.4 is 10.6 Å². The molecule has 170 valence electrons. The Morgan fingerprint density at radius 3 is 2.30 bits per heavy atom. The number of aliphatic carboxylic acids is 1. The van der Waals surface area contributed by atoms with Gasteiger partial charge in [-0.3, -0.25) is 24.0 Å². The average molecular weight is 426 g/mol. The third kappa shape index (κ3) is 7.76.